The molecule has 0 unspecified atom stereocenters. The van der Waals surface area contributed by atoms with E-state index in [0.29, 0.717) is 32.1 Å². The topological polar surface area (TPSA) is 46.5 Å². The first kappa shape index (κ1) is 15.7. The van der Waals surface area contributed by atoms with E-state index >= 15 is 0 Å². The SMILES string of the molecule is O=C(O)/C=C/c1cccc(Cl)c1Oc1ccc(Cl)c(Cl)c1. The van der Waals surface area contributed by atoms with Crippen LogP contribution in [0.3, 0.4) is 0 Å². The molecule has 3 nitrogen and oxygen atoms in total. The van der Waals surface area contributed by atoms with Gasteiger partial charge in [-0.3, -0.25) is 0 Å². The van der Waals surface area contributed by atoms with Gasteiger partial charge in [-0.15, -0.1) is 0 Å². The van der Waals surface area contributed by atoms with Crippen LogP contribution in [0.25, 0.3) is 6.08 Å². The predicted molar refractivity (Wildman–Crippen MR) is 84.7 cm³/mol. The predicted octanol–water partition coefficient (Wildman–Crippen LogP) is 5.54. The van der Waals surface area contributed by atoms with E-state index in [1.54, 1.807) is 36.4 Å². The van der Waals surface area contributed by atoms with E-state index in [4.69, 9.17) is 44.6 Å². The fourth-order valence-corrected chi connectivity index (χ4v) is 2.09. The number of carboxylic acid groups (broad SMARTS) is 1. The number of hydrogen-bond acceptors (Lipinski definition) is 2. The maximum absolute atomic E-state index is 10.6. The maximum Gasteiger partial charge on any atom is 0.328 e. The molecule has 21 heavy (non-hydrogen) atoms. The maximum atomic E-state index is 10.6. The third-order valence-corrected chi connectivity index (χ3v) is 3.55. The molecule has 0 spiro atoms. The molecule has 0 atom stereocenters. The van der Waals surface area contributed by atoms with Gasteiger partial charge in [-0.2, -0.15) is 0 Å². The van der Waals surface area contributed by atoms with Crippen LogP contribution in [-0.4, -0.2) is 11.1 Å². The van der Waals surface area contributed by atoms with Gasteiger partial charge in [0.15, 0.2) is 5.75 Å². The monoisotopic (exact) mass is 342 g/mol. The quantitative estimate of drug-likeness (QED) is 0.742. The highest BCUT2D eigenvalue weighted by Crippen LogP contribution is 2.35. The van der Waals surface area contributed by atoms with Crippen LogP contribution in [0.5, 0.6) is 11.5 Å². The molecule has 0 heterocycles. The second-order valence-electron chi connectivity index (χ2n) is 4.01. The Morgan fingerprint density at radius 3 is 2.48 bits per heavy atom. The van der Waals surface area contributed by atoms with Crippen LogP contribution in [0, 0.1) is 0 Å². The van der Waals surface area contributed by atoms with Crippen molar-refractivity contribution in [2.45, 2.75) is 0 Å². The molecular formula is C15H9Cl3O3. The Balaban J connectivity index is 2.38. The minimum absolute atomic E-state index is 0.343. The van der Waals surface area contributed by atoms with Crippen LogP contribution in [0.15, 0.2) is 42.5 Å². The Hall–Kier alpha value is -1.68. The molecule has 2 aromatic carbocycles. The van der Waals surface area contributed by atoms with E-state index in [0.717, 1.165) is 6.08 Å². The lowest BCUT2D eigenvalue weighted by Gasteiger charge is -2.11. The van der Waals surface area contributed by atoms with Crippen LogP contribution < -0.4 is 4.74 Å². The molecule has 0 aliphatic carbocycles. The molecule has 0 bridgehead atoms. The van der Waals surface area contributed by atoms with Gasteiger partial charge in [0.25, 0.3) is 0 Å². The van der Waals surface area contributed by atoms with Crippen LogP contribution in [0.1, 0.15) is 5.56 Å². The number of hydrogen-bond donors (Lipinski definition) is 1. The molecule has 0 fully saturated rings. The zero-order valence-electron chi connectivity index (χ0n) is 10.5. The molecule has 0 aliphatic heterocycles. The van der Waals surface area contributed by atoms with Crippen molar-refractivity contribution >= 4 is 46.8 Å². The molecule has 0 saturated carbocycles. The summed E-state index contributed by atoms with van der Waals surface area (Å²) < 4.78 is 5.69. The summed E-state index contributed by atoms with van der Waals surface area (Å²) in [5, 5.41) is 9.82. The Kier molecular flexibility index (Phi) is 5.12. The van der Waals surface area contributed by atoms with Gasteiger partial charge in [0.1, 0.15) is 5.75 Å². The van der Waals surface area contributed by atoms with Crippen molar-refractivity contribution in [1.29, 1.82) is 0 Å². The van der Waals surface area contributed by atoms with Gasteiger partial charge in [-0.1, -0.05) is 46.9 Å². The van der Waals surface area contributed by atoms with Gasteiger partial charge in [0.05, 0.1) is 15.1 Å². The number of benzene rings is 2. The number of para-hydroxylation sites is 1. The van der Waals surface area contributed by atoms with Crippen LogP contribution in [0.2, 0.25) is 15.1 Å². The molecule has 0 saturated heterocycles. The molecular weight excluding hydrogens is 335 g/mol. The molecule has 2 rings (SSSR count). The third-order valence-electron chi connectivity index (χ3n) is 2.51. The zero-order chi connectivity index (χ0) is 15.4. The smallest absolute Gasteiger partial charge is 0.328 e. The van der Waals surface area contributed by atoms with Gasteiger partial charge in [-0.25, -0.2) is 4.79 Å². The number of carbonyl (C=O) groups is 1. The van der Waals surface area contributed by atoms with Crippen LogP contribution >= 0.6 is 34.8 Å². The fraction of sp³-hybridized carbons (Fsp3) is 0. The minimum atomic E-state index is -1.06. The van der Waals surface area contributed by atoms with Gasteiger partial charge < -0.3 is 9.84 Å². The van der Waals surface area contributed by atoms with Crippen LogP contribution in [0.4, 0.5) is 0 Å². The second kappa shape index (κ2) is 6.85. The van der Waals surface area contributed by atoms with Gasteiger partial charge in [-0.05, 0) is 24.3 Å². The first-order chi connectivity index (χ1) is 9.97. The van der Waals surface area contributed by atoms with E-state index in [1.807, 2.05) is 0 Å². The Morgan fingerprint density at radius 1 is 1.05 bits per heavy atom. The molecule has 0 radical (unpaired) electrons. The van der Waals surface area contributed by atoms with E-state index in [-0.39, 0.29) is 0 Å². The zero-order valence-corrected chi connectivity index (χ0v) is 12.8. The molecule has 0 aromatic heterocycles. The number of ether oxygens (including phenoxy) is 1. The molecule has 0 aliphatic rings. The van der Waals surface area contributed by atoms with Gasteiger partial charge >= 0.3 is 5.97 Å². The summed E-state index contributed by atoms with van der Waals surface area (Å²) in [4.78, 5) is 10.6. The summed E-state index contributed by atoms with van der Waals surface area (Å²) in [6.45, 7) is 0. The van der Waals surface area contributed by atoms with E-state index in [2.05, 4.69) is 0 Å². The standard InChI is InChI=1S/C15H9Cl3O3/c16-11-6-5-10(8-13(11)18)21-15-9(4-7-14(19)20)2-1-3-12(15)17/h1-8H,(H,19,20)/b7-4+. The summed E-state index contributed by atoms with van der Waals surface area (Å²) in [6, 6.07) is 9.83. The summed E-state index contributed by atoms with van der Waals surface area (Å²) in [7, 11) is 0. The first-order valence-electron chi connectivity index (χ1n) is 5.80. The highest BCUT2D eigenvalue weighted by Gasteiger charge is 2.09. The fourth-order valence-electron chi connectivity index (χ4n) is 1.58. The van der Waals surface area contributed by atoms with Gasteiger partial charge in [0, 0.05) is 17.7 Å². The molecule has 2 aromatic rings. The summed E-state index contributed by atoms with van der Waals surface area (Å²) in [5.74, 6) is -0.270. The summed E-state index contributed by atoms with van der Waals surface area (Å²) in [5.41, 5.74) is 0.538. The minimum Gasteiger partial charge on any atom is -0.478 e. The highest BCUT2D eigenvalue weighted by molar-refractivity contribution is 6.42. The van der Waals surface area contributed by atoms with Crippen molar-refractivity contribution in [2.24, 2.45) is 0 Å². The number of halogens is 3. The lowest BCUT2D eigenvalue weighted by atomic mass is 10.2. The molecule has 6 heteroatoms. The van der Waals surface area contributed by atoms with Crippen molar-refractivity contribution in [3.63, 3.8) is 0 Å². The van der Waals surface area contributed by atoms with Gasteiger partial charge in [0.2, 0.25) is 0 Å². The lowest BCUT2D eigenvalue weighted by Crippen LogP contribution is -1.91. The molecule has 0 amide bonds. The number of carboxylic acids is 1. The van der Waals surface area contributed by atoms with Crippen molar-refractivity contribution in [3.8, 4) is 11.5 Å². The first-order valence-corrected chi connectivity index (χ1v) is 6.93. The van der Waals surface area contributed by atoms with E-state index < -0.39 is 5.97 Å². The lowest BCUT2D eigenvalue weighted by molar-refractivity contribution is -0.131. The third kappa shape index (κ3) is 4.14. The van der Waals surface area contributed by atoms with Crippen molar-refractivity contribution in [2.75, 3.05) is 0 Å². The average Bonchev–Trinajstić information content (AvgIpc) is 2.43. The molecule has 1 N–H and O–H groups in total. The normalized spacial score (nSPS) is 10.8. The molecule has 108 valence electrons. The summed E-state index contributed by atoms with van der Waals surface area (Å²) in [6.07, 6.45) is 2.41. The van der Waals surface area contributed by atoms with E-state index in [1.165, 1.54) is 6.08 Å². The number of rotatable bonds is 4. The van der Waals surface area contributed by atoms with Crippen LogP contribution in [-0.2, 0) is 4.79 Å². The van der Waals surface area contributed by atoms with Crippen molar-refractivity contribution in [3.05, 3.63) is 63.1 Å². The number of aliphatic carboxylic acids is 1. The van der Waals surface area contributed by atoms with E-state index in [9.17, 15) is 4.79 Å². The average molecular weight is 344 g/mol. The van der Waals surface area contributed by atoms with Crippen molar-refractivity contribution < 1.29 is 14.6 Å². The summed E-state index contributed by atoms with van der Waals surface area (Å²) >= 11 is 17.9. The second-order valence-corrected chi connectivity index (χ2v) is 5.23. The Labute approximate surface area is 136 Å². The highest BCUT2D eigenvalue weighted by atomic mass is 35.5. The Morgan fingerprint density at radius 2 is 1.81 bits per heavy atom. The Bertz CT molecular complexity index is 711. The van der Waals surface area contributed by atoms with Crippen molar-refractivity contribution in [1.82, 2.24) is 0 Å². The largest absolute Gasteiger partial charge is 0.478 e.